The lowest BCUT2D eigenvalue weighted by molar-refractivity contribution is -0.0498. The molecule has 2 aromatic rings. The van der Waals surface area contributed by atoms with Crippen LogP contribution in [0.1, 0.15) is 30.2 Å². The Hall–Kier alpha value is -2.61. The zero-order valence-corrected chi connectivity index (χ0v) is 15.6. The summed E-state index contributed by atoms with van der Waals surface area (Å²) in [6.07, 6.45) is 4.56. The van der Waals surface area contributed by atoms with Crippen LogP contribution in [-0.2, 0) is 6.42 Å². The fourth-order valence-electron chi connectivity index (χ4n) is 3.35. The summed E-state index contributed by atoms with van der Waals surface area (Å²) in [7, 11) is 0. The van der Waals surface area contributed by atoms with E-state index in [0.717, 1.165) is 37.3 Å². The van der Waals surface area contributed by atoms with E-state index in [1.807, 2.05) is 12.1 Å². The lowest BCUT2D eigenvalue weighted by Gasteiger charge is -2.26. The first-order chi connectivity index (χ1) is 13.6. The molecule has 3 rings (SSSR count). The predicted molar refractivity (Wildman–Crippen MR) is 100 cm³/mol. The zero-order valence-electron chi connectivity index (χ0n) is 15.6. The van der Waals surface area contributed by atoms with Gasteiger partial charge in [0.2, 0.25) is 0 Å². The van der Waals surface area contributed by atoms with Crippen molar-refractivity contribution in [3.05, 3.63) is 54.0 Å². The smallest absolute Gasteiger partial charge is 0.387 e. The largest absolute Gasteiger partial charge is 0.468 e. The fraction of sp³-hybridized carbons (Fsp3) is 0.450. The molecule has 1 aliphatic rings. The van der Waals surface area contributed by atoms with E-state index in [1.165, 1.54) is 12.1 Å². The summed E-state index contributed by atoms with van der Waals surface area (Å²) >= 11 is 0. The number of likely N-dealkylation sites (tertiary alicyclic amines) is 1. The molecule has 2 N–H and O–H groups in total. The molecule has 0 spiro atoms. The topological polar surface area (TPSA) is 66.7 Å². The Morgan fingerprint density at radius 1 is 1.14 bits per heavy atom. The molecule has 1 fully saturated rings. The number of amides is 2. The molecule has 1 aromatic heterocycles. The number of hydrogen-bond donors (Lipinski definition) is 2. The van der Waals surface area contributed by atoms with E-state index in [2.05, 4.69) is 20.3 Å². The first-order valence-corrected chi connectivity index (χ1v) is 9.45. The molecule has 0 bridgehead atoms. The minimum Gasteiger partial charge on any atom is -0.468 e. The number of urea groups is 1. The molecular weight excluding hydrogens is 368 g/mol. The molecule has 0 aliphatic carbocycles. The van der Waals surface area contributed by atoms with Crippen LogP contribution in [0.25, 0.3) is 0 Å². The summed E-state index contributed by atoms with van der Waals surface area (Å²) < 4.78 is 34.1. The lowest BCUT2D eigenvalue weighted by Crippen LogP contribution is -2.42. The number of furan rings is 1. The van der Waals surface area contributed by atoms with Crippen LogP contribution in [0, 0.1) is 0 Å². The Labute approximate surface area is 162 Å². The number of nitrogens with one attached hydrogen (secondary N) is 2. The van der Waals surface area contributed by atoms with Gasteiger partial charge in [0, 0.05) is 13.1 Å². The summed E-state index contributed by atoms with van der Waals surface area (Å²) in [6.45, 7) is 0.0799. The highest BCUT2D eigenvalue weighted by atomic mass is 19.3. The number of carbonyl (C=O) groups is 1. The highest BCUT2D eigenvalue weighted by molar-refractivity contribution is 5.73. The van der Waals surface area contributed by atoms with E-state index in [4.69, 9.17) is 4.42 Å². The van der Waals surface area contributed by atoms with Gasteiger partial charge in [0.15, 0.2) is 0 Å². The van der Waals surface area contributed by atoms with Crippen LogP contribution < -0.4 is 15.4 Å². The van der Waals surface area contributed by atoms with Crippen LogP contribution in [0.15, 0.2) is 47.1 Å². The highest BCUT2D eigenvalue weighted by Gasteiger charge is 2.25. The molecule has 152 valence electrons. The van der Waals surface area contributed by atoms with Crippen LogP contribution in [0.3, 0.4) is 0 Å². The molecule has 0 saturated carbocycles. The number of benzene rings is 1. The number of hydrogen-bond acceptors (Lipinski definition) is 4. The van der Waals surface area contributed by atoms with Crippen molar-refractivity contribution in [3.63, 3.8) is 0 Å². The van der Waals surface area contributed by atoms with Crippen molar-refractivity contribution in [1.82, 2.24) is 15.5 Å². The van der Waals surface area contributed by atoms with E-state index in [0.29, 0.717) is 19.5 Å². The molecule has 1 unspecified atom stereocenters. The van der Waals surface area contributed by atoms with Gasteiger partial charge in [-0.15, -0.1) is 0 Å². The van der Waals surface area contributed by atoms with Crippen LogP contribution >= 0.6 is 0 Å². The van der Waals surface area contributed by atoms with Crippen molar-refractivity contribution >= 4 is 6.03 Å². The van der Waals surface area contributed by atoms with Crippen molar-refractivity contribution in [1.29, 1.82) is 0 Å². The van der Waals surface area contributed by atoms with Crippen molar-refractivity contribution in [2.75, 3.05) is 26.2 Å². The molecule has 6 nitrogen and oxygen atoms in total. The van der Waals surface area contributed by atoms with Gasteiger partial charge in [-0.25, -0.2) is 4.79 Å². The molecule has 28 heavy (non-hydrogen) atoms. The first-order valence-electron chi connectivity index (χ1n) is 9.45. The van der Waals surface area contributed by atoms with Gasteiger partial charge in [-0.05, 0) is 62.2 Å². The number of rotatable bonds is 9. The Morgan fingerprint density at radius 3 is 2.54 bits per heavy atom. The number of alkyl halides is 2. The highest BCUT2D eigenvalue weighted by Crippen LogP contribution is 2.24. The van der Waals surface area contributed by atoms with Crippen molar-refractivity contribution in [2.24, 2.45) is 0 Å². The van der Waals surface area contributed by atoms with Gasteiger partial charge < -0.3 is 19.8 Å². The first kappa shape index (κ1) is 20.1. The van der Waals surface area contributed by atoms with Gasteiger partial charge in [-0.2, -0.15) is 8.78 Å². The molecule has 1 saturated heterocycles. The van der Waals surface area contributed by atoms with E-state index >= 15 is 0 Å². The van der Waals surface area contributed by atoms with Crippen LogP contribution in [-0.4, -0.2) is 43.7 Å². The summed E-state index contributed by atoms with van der Waals surface area (Å²) in [5, 5.41) is 5.73. The van der Waals surface area contributed by atoms with Gasteiger partial charge in [0.1, 0.15) is 11.5 Å². The molecule has 1 aliphatic heterocycles. The molecule has 8 heteroatoms. The third kappa shape index (κ3) is 5.95. The van der Waals surface area contributed by atoms with Crippen LogP contribution in [0.4, 0.5) is 13.6 Å². The average Bonchev–Trinajstić information content (AvgIpc) is 3.37. The maximum atomic E-state index is 12.1. The Morgan fingerprint density at radius 2 is 1.89 bits per heavy atom. The Kier molecular flexibility index (Phi) is 7.25. The number of halogens is 2. The fourth-order valence-corrected chi connectivity index (χ4v) is 3.35. The summed E-state index contributed by atoms with van der Waals surface area (Å²) in [5.74, 6) is 0.976. The Balaban J connectivity index is 1.41. The number of ether oxygens (including phenoxy) is 1. The minimum atomic E-state index is -2.83. The second-order valence-corrected chi connectivity index (χ2v) is 6.68. The van der Waals surface area contributed by atoms with Crippen molar-refractivity contribution in [2.45, 2.75) is 31.9 Å². The monoisotopic (exact) mass is 393 g/mol. The average molecular weight is 393 g/mol. The van der Waals surface area contributed by atoms with Gasteiger partial charge >= 0.3 is 12.6 Å². The third-order valence-corrected chi connectivity index (χ3v) is 4.76. The maximum absolute atomic E-state index is 12.1. The van der Waals surface area contributed by atoms with Gasteiger partial charge in [-0.1, -0.05) is 12.1 Å². The standard InChI is InChI=1S/C20H25F2N3O3/c21-19(22)28-16-7-5-15(6-8-16)9-10-23-20(26)24-14-17(18-4-3-13-27-18)25-11-1-2-12-25/h3-8,13,17,19H,1-2,9-12,14H2,(H2,23,24,26). The summed E-state index contributed by atoms with van der Waals surface area (Å²) in [5.41, 5.74) is 0.924. The molecule has 2 amide bonds. The van der Waals surface area contributed by atoms with Gasteiger partial charge in [-0.3, -0.25) is 4.90 Å². The summed E-state index contributed by atoms with van der Waals surface area (Å²) in [4.78, 5) is 14.4. The lowest BCUT2D eigenvalue weighted by atomic mass is 10.1. The number of nitrogens with zero attached hydrogens (tertiary/aromatic N) is 1. The normalized spacial score (nSPS) is 15.5. The molecule has 1 aromatic carbocycles. The van der Waals surface area contributed by atoms with Gasteiger partial charge in [0.05, 0.1) is 12.3 Å². The third-order valence-electron chi connectivity index (χ3n) is 4.76. The van der Waals surface area contributed by atoms with Crippen molar-refractivity contribution < 1.29 is 22.7 Å². The van der Waals surface area contributed by atoms with Crippen molar-refractivity contribution in [3.8, 4) is 5.75 Å². The number of carbonyl (C=O) groups excluding carboxylic acids is 1. The quantitative estimate of drug-likeness (QED) is 0.684. The van der Waals surface area contributed by atoms with Crippen LogP contribution in [0.2, 0.25) is 0 Å². The molecule has 1 atom stereocenters. The molecule has 0 radical (unpaired) electrons. The SMILES string of the molecule is O=C(NCCc1ccc(OC(F)F)cc1)NCC(c1ccco1)N1CCCC1. The van der Waals surface area contributed by atoms with E-state index in [1.54, 1.807) is 18.4 Å². The maximum Gasteiger partial charge on any atom is 0.387 e. The van der Waals surface area contributed by atoms with E-state index in [9.17, 15) is 13.6 Å². The van der Waals surface area contributed by atoms with E-state index in [-0.39, 0.29) is 17.8 Å². The van der Waals surface area contributed by atoms with Crippen LogP contribution in [0.5, 0.6) is 5.75 Å². The second-order valence-electron chi connectivity index (χ2n) is 6.68. The molecule has 2 heterocycles. The van der Waals surface area contributed by atoms with Gasteiger partial charge in [0.25, 0.3) is 0 Å². The Bertz CT molecular complexity index is 717. The predicted octanol–water partition coefficient (Wildman–Crippen LogP) is 3.56. The second kappa shape index (κ2) is 10.1. The zero-order chi connectivity index (χ0) is 19.8. The van der Waals surface area contributed by atoms with E-state index < -0.39 is 6.61 Å². The minimum absolute atomic E-state index is 0.0330. The summed E-state index contributed by atoms with van der Waals surface area (Å²) in [6, 6.07) is 9.98. The molecular formula is C20H25F2N3O3.